The van der Waals surface area contributed by atoms with Gasteiger partial charge in [0.1, 0.15) is 0 Å². The van der Waals surface area contributed by atoms with Crippen LogP contribution in [0.25, 0.3) is 0 Å². The summed E-state index contributed by atoms with van der Waals surface area (Å²) in [7, 11) is 1.97. The van der Waals surface area contributed by atoms with Gasteiger partial charge in [0.15, 0.2) is 0 Å². The van der Waals surface area contributed by atoms with Gasteiger partial charge in [0.05, 0.1) is 5.01 Å². The van der Waals surface area contributed by atoms with Crippen molar-refractivity contribution in [1.29, 1.82) is 0 Å². The van der Waals surface area contributed by atoms with Crippen molar-refractivity contribution in [3.8, 4) is 12.3 Å². The van der Waals surface area contributed by atoms with Gasteiger partial charge in [0.25, 0.3) is 0 Å². The lowest BCUT2D eigenvalue weighted by molar-refractivity contribution is 0.526. The van der Waals surface area contributed by atoms with Crippen LogP contribution >= 0.6 is 11.3 Å². The zero-order valence-electron chi connectivity index (χ0n) is 8.71. The number of thiazole rings is 1. The molecular weight excluding hydrogens is 192 g/mol. The zero-order chi connectivity index (χ0) is 10.4. The van der Waals surface area contributed by atoms with E-state index in [-0.39, 0.29) is 0 Å². The molecule has 2 nitrogen and oxygen atoms in total. The number of nitrogens with zero attached hydrogens (tertiary/aromatic N) is 1. The Balaban J connectivity index is 2.44. The highest BCUT2D eigenvalue weighted by atomic mass is 32.1. The van der Waals surface area contributed by atoms with Gasteiger partial charge in [0.2, 0.25) is 0 Å². The van der Waals surface area contributed by atoms with Gasteiger partial charge in [-0.1, -0.05) is 0 Å². The molecule has 0 aliphatic rings. The molecule has 0 fully saturated rings. The number of terminal acetylenes is 1. The summed E-state index contributed by atoms with van der Waals surface area (Å²) in [6.07, 6.45) is 8.07. The van der Waals surface area contributed by atoms with E-state index in [4.69, 9.17) is 6.42 Å². The van der Waals surface area contributed by atoms with Crippen LogP contribution in [0.15, 0.2) is 5.38 Å². The second-order valence-electron chi connectivity index (χ2n) is 3.32. The van der Waals surface area contributed by atoms with Gasteiger partial charge < -0.3 is 5.32 Å². The van der Waals surface area contributed by atoms with Crippen LogP contribution in [0.3, 0.4) is 0 Å². The minimum Gasteiger partial charge on any atom is -0.317 e. The van der Waals surface area contributed by atoms with E-state index >= 15 is 0 Å². The molecular formula is C11H16N2S. The summed E-state index contributed by atoms with van der Waals surface area (Å²) in [6.45, 7) is 2.02. The number of hydrogen-bond acceptors (Lipinski definition) is 3. The first-order valence-corrected chi connectivity index (χ1v) is 5.66. The van der Waals surface area contributed by atoms with Crippen LogP contribution < -0.4 is 5.32 Å². The number of aromatic nitrogens is 1. The van der Waals surface area contributed by atoms with Gasteiger partial charge in [-0.25, -0.2) is 4.98 Å². The number of rotatable bonds is 5. The van der Waals surface area contributed by atoms with E-state index in [9.17, 15) is 0 Å². The van der Waals surface area contributed by atoms with Crippen molar-refractivity contribution in [2.45, 2.75) is 32.2 Å². The normalized spacial score (nSPS) is 12.4. The molecule has 0 saturated carbocycles. The van der Waals surface area contributed by atoms with Crippen molar-refractivity contribution < 1.29 is 0 Å². The molecule has 0 aromatic carbocycles. The molecule has 0 aliphatic heterocycles. The van der Waals surface area contributed by atoms with Crippen LogP contribution in [0, 0.1) is 19.3 Å². The maximum atomic E-state index is 5.24. The standard InChI is InChI=1S/C11H16N2S/c1-4-5-6-10(12-3)7-11-13-9(2)8-14-11/h1,8,10,12H,5-7H2,2-3H3. The first-order valence-electron chi connectivity index (χ1n) is 4.78. The Morgan fingerprint density at radius 2 is 2.50 bits per heavy atom. The number of aryl methyl sites for hydroxylation is 1. The average Bonchev–Trinajstić information content (AvgIpc) is 2.58. The van der Waals surface area contributed by atoms with Crippen molar-refractivity contribution in [2.75, 3.05) is 7.05 Å². The van der Waals surface area contributed by atoms with E-state index < -0.39 is 0 Å². The van der Waals surface area contributed by atoms with E-state index in [1.807, 2.05) is 14.0 Å². The van der Waals surface area contributed by atoms with Crippen molar-refractivity contribution in [2.24, 2.45) is 0 Å². The molecule has 1 rings (SSSR count). The van der Waals surface area contributed by atoms with E-state index in [1.54, 1.807) is 11.3 Å². The monoisotopic (exact) mass is 208 g/mol. The lowest BCUT2D eigenvalue weighted by Crippen LogP contribution is -2.27. The Morgan fingerprint density at radius 1 is 1.71 bits per heavy atom. The van der Waals surface area contributed by atoms with Crippen molar-refractivity contribution >= 4 is 11.3 Å². The highest BCUT2D eigenvalue weighted by molar-refractivity contribution is 7.09. The van der Waals surface area contributed by atoms with E-state index in [2.05, 4.69) is 21.6 Å². The summed E-state index contributed by atoms with van der Waals surface area (Å²) in [5, 5.41) is 6.55. The minimum atomic E-state index is 0.455. The van der Waals surface area contributed by atoms with Gasteiger partial charge in [-0.05, 0) is 20.4 Å². The van der Waals surface area contributed by atoms with E-state index in [0.717, 1.165) is 25.0 Å². The molecule has 1 unspecified atom stereocenters. The average molecular weight is 208 g/mol. The van der Waals surface area contributed by atoms with Gasteiger partial charge >= 0.3 is 0 Å². The first kappa shape index (κ1) is 11.2. The molecule has 0 amide bonds. The molecule has 1 N–H and O–H groups in total. The lowest BCUT2D eigenvalue weighted by Gasteiger charge is -2.12. The second kappa shape index (κ2) is 5.79. The predicted molar refractivity (Wildman–Crippen MR) is 61.5 cm³/mol. The van der Waals surface area contributed by atoms with Crippen LogP contribution in [-0.4, -0.2) is 18.1 Å². The minimum absolute atomic E-state index is 0.455. The highest BCUT2D eigenvalue weighted by Gasteiger charge is 2.08. The maximum Gasteiger partial charge on any atom is 0.0943 e. The SMILES string of the molecule is C#CCCC(Cc1nc(C)cs1)NC. The van der Waals surface area contributed by atoms with Gasteiger partial charge in [-0.15, -0.1) is 23.7 Å². The summed E-state index contributed by atoms with van der Waals surface area (Å²) < 4.78 is 0. The Hall–Kier alpha value is -0.850. The first-order chi connectivity index (χ1) is 6.76. The topological polar surface area (TPSA) is 24.9 Å². The molecule has 0 bridgehead atoms. The van der Waals surface area contributed by atoms with Crippen molar-refractivity contribution in [1.82, 2.24) is 10.3 Å². The Morgan fingerprint density at radius 3 is 3.00 bits per heavy atom. The summed E-state index contributed by atoms with van der Waals surface area (Å²) in [6, 6.07) is 0.455. The molecule has 1 atom stereocenters. The highest BCUT2D eigenvalue weighted by Crippen LogP contribution is 2.12. The molecule has 0 radical (unpaired) electrons. The Kier molecular flexibility index (Phi) is 4.64. The predicted octanol–water partition coefficient (Wildman–Crippen LogP) is 2.00. The largest absolute Gasteiger partial charge is 0.317 e. The fourth-order valence-corrected chi connectivity index (χ4v) is 2.17. The van der Waals surface area contributed by atoms with Crippen LogP contribution in [0.2, 0.25) is 0 Å². The maximum absolute atomic E-state index is 5.24. The fraction of sp³-hybridized carbons (Fsp3) is 0.545. The van der Waals surface area contributed by atoms with Crippen LogP contribution in [0.5, 0.6) is 0 Å². The third kappa shape index (κ3) is 3.49. The second-order valence-corrected chi connectivity index (χ2v) is 4.26. The molecule has 0 aliphatic carbocycles. The number of hydrogen-bond donors (Lipinski definition) is 1. The van der Waals surface area contributed by atoms with Crippen LogP contribution in [0.1, 0.15) is 23.5 Å². The summed E-state index contributed by atoms with van der Waals surface area (Å²) >= 11 is 1.72. The molecule has 1 heterocycles. The molecule has 3 heteroatoms. The fourth-order valence-electron chi connectivity index (χ4n) is 1.31. The molecule has 0 saturated heterocycles. The quantitative estimate of drug-likeness (QED) is 0.749. The van der Waals surface area contributed by atoms with Crippen molar-refractivity contribution in [3.63, 3.8) is 0 Å². The number of nitrogens with one attached hydrogen (secondary N) is 1. The summed E-state index contributed by atoms with van der Waals surface area (Å²) in [5.74, 6) is 2.67. The molecule has 1 aromatic heterocycles. The van der Waals surface area contributed by atoms with Crippen molar-refractivity contribution in [3.05, 3.63) is 16.1 Å². The Bertz CT molecular complexity index is 311. The van der Waals surface area contributed by atoms with E-state index in [1.165, 1.54) is 5.01 Å². The third-order valence-corrected chi connectivity index (χ3v) is 3.12. The van der Waals surface area contributed by atoms with Gasteiger partial charge in [-0.2, -0.15) is 0 Å². The van der Waals surface area contributed by atoms with Crippen LogP contribution in [0.4, 0.5) is 0 Å². The van der Waals surface area contributed by atoms with Crippen LogP contribution in [-0.2, 0) is 6.42 Å². The summed E-state index contributed by atoms with van der Waals surface area (Å²) in [5.41, 5.74) is 1.11. The lowest BCUT2D eigenvalue weighted by atomic mass is 10.1. The molecule has 14 heavy (non-hydrogen) atoms. The summed E-state index contributed by atoms with van der Waals surface area (Å²) in [4.78, 5) is 4.43. The Labute approximate surface area is 89.8 Å². The zero-order valence-corrected chi connectivity index (χ0v) is 9.53. The molecule has 0 spiro atoms. The molecule has 76 valence electrons. The smallest absolute Gasteiger partial charge is 0.0943 e. The van der Waals surface area contributed by atoms with Gasteiger partial charge in [0, 0.05) is 30.0 Å². The molecule has 1 aromatic rings. The van der Waals surface area contributed by atoms with E-state index in [0.29, 0.717) is 6.04 Å². The van der Waals surface area contributed by atoms with Gasteiger partial charge in [-0.3, -0.25) is 0 Å². The third-order valence-electron chi connectivity index (χ3n) is 2.13. The number of likely N-dealkylation sites (N-methyl/N-ethyl adjacent to an activating group) is 1.